The lowest BCUT2D eigenvalue weighted by atomic mass is 10.1. The number of allylic oxidation sites excluding steroid dienone is 1. The molecule has 1 heterocycles. The Kier molecular flexibility index (Phi) is 1.93. The van der Waals surface area contributed by atoms with E-state index in [9.17, 15) is 9.59 Å². The first-order valence-electron chi connectivity index (χ1n) is 5.40. The minimum absolute atomic E-state index is 0.168. The monoisotopic (exact) mass is 213 g/mol. The van der Waals surface area contributed by atoms with Gasteiger partial charge in [-0.15, -0.1) is 0 Å². The molecule has 1 aromatic rings. The van der Waals surface area contributed by atoms with Crippen LogP contribution in [0.2, 0.25) is 0 Å². The molecule has 2 aliphatic rings. The van der Waals surface area contributed by atoms with Crippen LogP contribution in [0.4, 0.5) is 0 Å². The average molecular weight is 213 g/mol. The largest absolute Gasteiger partial charge is 0.270 e. The van der Waals surface area contributed by atoms with Crippen LogP contribution in [-0.2, 0) is 0 Å². The van der Waals surface area contributed by atoms with Crippen LogP contribution < -0.4 is 0 Å². The number of hydrogen-bond donors (Lipinski definition) is 0. The molecule has 3 heteroatoms. The van der Waals surface area contributed by atoms with Gasteiger partial charge in [-0.05, 0) is 25.0 Å². The molecule has 80 valence electrons. The molecule has 1 aliphatic heterocycles. The number of fused-ring (bicyclic) bond motifs is 1. The lowest BCUT2D eigenvalue weighted by Crippen LogP contribution is -2.29. The molecule has 16 heavy (non-hydrogen) atoms. The van der Waals surface area contributed by atoms with Crippen molar-refractivity contribution in [2.24, 2.45) is 0 Å². The highest BCUT2D eigenvalue weighted by atomic mass is 16.2. The van der Waals surface area contributed by atoms with Crippen LogP contribution in [0.1, 0.15) is 33.6 Å². The molecule has 2 amide bonds. The summed E-state index contributed by atoms with van der Waals surface area (Å²) in [6, 6.07) is 6.99. The summed E-state index contributed by atoms with van der Waals surface area (Å²) >= 11 is 0. The Hall–Kier alpha value is -1.90. The van der Waals surface area contributed by atoms with Crippen molar-refractivity contribution in [3.05, 3.63) is 47.0 Å². The van der Waals surface area contributed by atoms with Gasteiger partial charge in [-0.1, -0.05) is 23.8 Å². The maximum Gasteiger partial charge on any atom is 0.261 e. The number of carbonyl (C=O) groups is 2. The minimum atomic E-state index is -0.168. The predicted octanol–water partition coefficient (Wildman–Crippen LogP) is 2.00. The highest BCUT2D eigenvalue weighted by Crippen LogP contribution is 2.28. The second kappa shape index (κ2) is 3.30. The molecule has 0 N–H and O–H groups in total. The summed E-state index contributed by atoms with van der Waals surface area (Å²) in [6.07, 6.45) is 4.22. The molecule has 1 aliphatic carbocycles. The van der Waals surface area contributed by atoms with Crippen molar-refractivity contribution in [1.29, 1.82) is 0 Å². The van der Waals surface area contributed by atoms with E-state index >= 15 is 0 Å². The van der Waals surface area contributed by atoms with Crippen LogP contribution >= 0.6 is 0 Å². The lowest BCUT2D eigenvalue weighted by molar-refractivity contribution is 0.0672. The van der Waals surface area contributed by atoms with Crippen LogP contribution in [0, 0.1) is 0 Å². The topological polar surface area (TPSA) is 37.4 Å². The summed E-state index contributed by atoms with van der Waals surface area (Å²) in [5, 5.41) is 0. The zero-order valence-electron chi connectivity index (χ0n) is 8.77. The molecule has 3 rings (SSSR count). The van der Waals surface area contributed by atoms with Crippen molar-refractivity contribution >= 4 is 11.8 Å². The molecule has 1 aromatic carbocycles. The van der Waals surface area contributed by atoms with Gasteiger partial charge in [0.1, 0.15) is 0 Å². The highest BCUT2D eigenvalue weighted by molar-refractivity contribution is 6.21. The van der Waals surface area contributed by atoms with Crippen LogP contribution in [0.5, 0.6) is 0 Å². The van der Waals surface area contributed by atoms with E-state index in [1.807, 2.05) is 6.08 Å². The molecule has 0 spiro atoms. The molecule has 0 saturated heterocycles. The van der Waals surface area contributed by atoms with E-state index in [1.54, 1.807) is 24.3 Å². The van der Waals surface area contributed by atoms with Crippen LogP contribution in [0.3, 0.4) is 0 Å². The van der Waals surface area contributed by atoms with E-state index in [4.69, 9.17) is 0 Å². The van der Waals surface area contributed by atoms with Crippen molar-refractivity contribution in [2.75, 3.05) is 6.54 Å². The summed E-state index contributed by atoms with van der Waals surface area (Å²) in [6.45, 7) is 0.418. The second-order valence-electron chi connectivity index (χ2n) is 4.13. The van der Waals surface area contributed by atoms with E-state index in [1.165, 1.54) is 10.5 Å². The fraction of sp³-hybridized carbons (Fsp3) is 0.231. The van der Waals surface area contributed by atoms with Gasteiger partial charge < -0.3 is 0 Å². The third kappa shape index (κ3) is 1.36. The third-order valence-corrected chi connectivity index (χ3v) is 2.98. The Balaban J connectivity index is 1.91. The number of carbonyl (C=O) groups excluding carboxylic acids is 2. The van der Waals surface area contributed by atoms with Gasteiger partial charge in [0.25, 0.3) is 11.8 Å². The van der Waals surface area contributed by atoms with Crippen LogP contribution in [-0.4, -0.2) is 23.3 Å². The summed E-state index contributed by atoms with van der Waals surface area (Å²) in [5.41, 5.74) is 2.40. The summed E-state index contributed by atoms with van der Waals surface area (Å²) < 4.78 is 0. The van der Waals surface area contributed by atoms with E-state index in [-0.39, 0.29) is 11.8 Å². The van der Waals surface area contributed by atoms with Crippen LogP contribution in [0.15, 0.2) is 35.9 Å². The Bertz CT molecular complexity index is 475. The minimum Gasteiger partial charge on any atom is -0.270 e. The van der Waals surface area contributed by atoms with E-state index in [0.29, 0.717) is 17.7 Å². The fourth-order valence-electron chi connectivity index (χ4n) is 1.90. The number of benzene rings is 1. The SMILES string of the molecule is O=C1c2ccccc2C(=O)N1CC=C1CC1. The molecule has 0 radical (unpaired) electrons. The second-order valence-corrected chi connectivity index (χ2v) is 4.13. The molecular formula is C13H11NO2. The Morgan fingerprint density at radius 3 is 2.12 bits per heavy atom. The zero-order valence-corrected chi connectivity index (χ0v) is 8.77. The highest BCUT2D eigenvalue weighted by Gasteiger charge is 2.34. The smallest absolute Gasteiger partial charge is 0.261 e. The summed E-state index contributed by atoms with van der Waals surface area (Å²) in [5.74, 6) is -0.337. The average Bonchev–Trinajstić information content (AvgIpc) is 3.09. The molecule has 1 saturated carbocycles. The number of nitrogens with zero attached hydrogens (tertiary/aromatic N) is 1. The maximum atomic E-state index is 11.9. The van der Waals surface area contributed by atoms with Crippen molar-refractivity contribution in [2.45, 2.75) is 12.8 Å². The Labute approximate surface area is 93.4 Å². The first-order chi connectivity index (χ1) is 7.77. The van der Waals surface area contributed by atoms with Crippen molar-refractivity contribution in [1.82, 2.24) is 4.90 Å². The quantitative estimate of drug-likeness (QED) is 0.556. The number of imide groups is 1. The standard InChI is InChI=1S/C13H11NO2/c15-12-10-3-1-2-4-11(10)13(16)14(12)8-7-9-5-6-9/h1-4,7H,5-6,8H2. The van der Waals surface area contributed by atoms with E-state index in [0.717, 1.165) is 12.8 Å². The fourth-order valence-corrected chi connectivity index (χ4v) is 1.90. The molecule has 0 bridgehead atoms. The molecule has 1 fully saturated rings. The number of amides is 2. The van der Waals surface area contributed by atoms with Gasteiger partial charge in [0, 0.05) is 6.54 Å². The van der Waals surface area contributed by atoms with Gasteiger partial charge in [0.15, 0.2) is 0 Å². The molecule has 0 atom stereocenters. The number of rotatable bonds is 2. The van der Waals surface area contributed by atoms with Crippen molar-refractivity contribution in [3.8, 4) is 0 Å². The molecule has 0 unspecified atom stereocenters. The van der Waals surface area contributed by atoms with Gasteiger partial charge in [-0.2, -0.15) is 0 Å². The predicted molar refractivity (Wildman–Crippen MR) is 59.1 cm³/mol. The van der Waals surface area contributed by atoms with Crippen molar-refractivity contribution in [3.63, 3.8) is 0 Å². The van der Waals surface area contributed by atoms with Gasteiger partial charge >= 0.3 is 0 Å². The van der Waals surface area contributed by atoms with Crippen molar-refractivity contribution < 1.29 is 9.59 Å². The molecule has 0 aromatic heterocycles. The van der Waals surface area contributed by atoms with Gasteiger partial charge in [0.2, 0.25) is 0 Å². The number of hydrogen-bond acceptors (Lipinski definition) is 2. The molecule has 3 nitrogen and oxygen atoms in total. The summed E-state index contributed by atoms with van der Waals surface area (Å²) in [7, 11) is 0. The summed E-state index contributed by atoms with van der Waals surface area (Å²) in [4.78, 5) is 25.1. The van der Waals surface area contributed by atoms with E-state index < -0.39 is 0 Å². The maximum absolute atomic E-state index is 11.9. The first-order valence-corrected chi connectivity index (χ1v) is 5.40. The Morgan fingerprint density at radius 1 is 1.06 bits per heavy atom. The molecular weight excluding hydrogens is 202 g/mol. The first kappa shape index (κ1) is 9.33. The van der Waals surface area contributed by atoms with Gasteiger partial charge in [-0.25, -0.2) is 0 Å². The lowest BCUT2D eigenvalue weighted by Gasteiger charge is -2.09. The van der Waals surface area contributed by atoms with E-state index in [2.05, 4.69) is 0 Å². The zero-order chi connectivity index (χ0) is 11.1. The Morgan fingerprint density at radius 2 is 1.62 bits per heavy atom. The normalized spacial score (nSPS) is 17.8. The van der Waals surface area contributed by atoms with Crippen LogP contribution in [0.25, 0.3) is 0 Å². The van der Waals surface area contributed by atoms with Gasteiger partial charge in [-0.3, -0.25) is 14.5 Å². The third-order valence-electron chi connectivity index (χ3n) is 2.98. The van der Waals surface area contributed by atoms with Gasteiger partial charge in [0.05, 0.1) is 11.1 Å².